The first-order valence-corrected chi connectivity index (χ1v) is 5.59. The van der Waals surface area contributed by atoms with Crippen molar-refractivity contribution in [1.82, 2.24) is 0 Å². The number of phenols is 1. The number of carbonyl (C=O) groups is 1. The normalized spacial score (nSPS) is 10.9. The number of rotatable bonds is 3. The van der Waals surface area contributed by atoms with Crippen molar-refractivity contribution in [3.8, 4) is 11.8 Å². The molecule has 4 nitrogen and oxygen atoms in total. The Morgan fingerprint density at radius 3 is 2.78 bits per heavy atom. The SMILES string of the molecule is COC(=O)/C(=C/c1cc(Cl)cc(Cl)c1O)CC#N. The molecular weight excluding hydrogens is 277 g/mol. The van der Waals surface area contributed by atoms with Gasteiger partial charge < -0.3 is 9.84 Å². The molecule has 0 spiro atoms. The molecule has 18 heavy (non-hydrogen) atoms. The van der Waals surface area contributed by atoms with Crippen molar-refractivity contribution >= 4 is 35.2 Å². The van der Waals surface area contributed by atoms with E-state index in [1.165, 1.54) is 25.3 Å². The molecule has 0 radical (unpaired) electrons. The van der Waals surface area contributed by atoms with Gasteiger partial charge in [0.15, 0.2) is 0 Å². The maximum absolute atomic E-state index is 11.4. The molecule has 94 valence electrons. The summed E-state index contributed by atoms with van der Waals surface area (Å²) in [6.45, 7) is 0. The van der Waals surface area contributed by atoms with Gasteiger partial charge in [0, 0.05) is 10.6 Å². The highest BCUT2D eigenvalue weighted by Gasteiger charge is 2.12. The quantitative estimate of drug-likeness (QED) is 0.684. The van der Waals surface area contributed by atoms with Crippen LogP contribution in [0.25, 0.3) is 6.08 Å². The van der Waals surface area contributed by atoms with Crippen LogP contribution < -0.4 is 0 Å². The Labute approximate surface area is 114 Å². The van der Waals surface area contributed by atoms with E-state index in [2.05, 4.69) is 4.74 Å². The van der Waals surface area contributed by atoms with Crippen LogP contribution in [0.4, 0.5) is 0 Å². The summed E-state index contributed by atoms with van der Waals surface area (Å²) in [5.74, 6) is -0.854. The van der Waals surface area contributed by atoms with Gasteiger partial charge in [-0.2, -0.15) is 5.26 Å². The Hall–Kier alpha value is -1.70. The zero-order valence-electron chi connectivity index (χ0n) is 9.41. The lowest BCUT2D eigenvalue weighted by Crippen LogP contribution is -2.04. The maximum Gasteiger partial charge on any atom is 0.334 e. The molecule has 0 saturated heterocycles. The first-order valence-electron chi connectivity index (χ1n) is 4.83. The summed E-state index contributed by atoms with van der Waals surface area (Å²) in [7, 11) is 1.21. The third kappa shape index (κ3) is 3.39. The number of benzene rings is 1. The van der Waals surface area contributed by atoms with Gasteiger partial charge in [-0.3, -0.25) is 0 Å². The minimum absolute atomic E-state index is 0.0647. The summed E-state index contributed by atoms with van der Waals surface area (Å²) < 4.78 is 4.53. The summed E-state index contributed by atoms with van der Waals surface area (Å²) in [6, 6.07) is 4.64. The smallest absolute Gasteiger partial charge is 0.334 e. The van der Waals surface area contributed by atoms with Gasteiger partial charge in [0.05, 0.1) is 30.2 Å². The average molecular weight is 286 g/mol. The highest BCUT2D eigenvalue weighted by atomic mass is 35.5. The fourth-order valence-electron chi connectivity index (χ4n) is 1.28. The molecule has 0 aliphatic rings. The van der Waals surface area contributed by atoms with E-state index in [0.29, 0.717) is 5.02 Å². The molecule has 0 amide bonds. The van der Waals surface area contributed by atoms with Crippen molar-refractivity contribution in [2.75, 3.05) is 7.11 Å². The highest BCUT2D eigenvalue weighted by Crippen LogP contribution is 2.32. The van der Waals surface area contributed by atoms with Crippen LogP contribution in [0.2, 0.25) is 10.0 Å². The minimum atomic E-state index is -0.646. The van der Waals surface area contributed by atoms with Crippen LogP contribution in [0.3, 0.4) is 0 Å². The summed E-state index contributed by atoms with van der Waals surface area (Å²) in [4.78, 5) is 11.4. The number of nitriles is 1. The minimum Gasteiger partial charge on any atom is -0.506 e. The van der Waals surface area contributed by atoms with Gasteiger partial charge in [0.1, 0.15) is 5.75 Å². The predicted molar refractivity (Wildman–Crippen MR) is 68.3 cm³/mol. The molecule has 0 aliphatic carbocycles. The molecule has 0 aliphatic heterocycles. The second-order valence-corrected chi connectivity index (χ2v) is 4.17. The molecule has 0 unspecified atom stereocenters. The van der Waals surface area contributed by atoms with E-state index in [1.807, 2.05) is 6.07 Å². The van der Waals surface area contributed by atoms with Gasteiger partial charge in [0.2, 0.25) is 0 Å². The summed E-state index contributed by atoms with van der Waals surface area (Å²) in [5, 5.41) is 18.7. The van der Waals surface area contributed by atoms with Crippen LogP contribution in [0.1, 0.15) is 12.0 Å². The van der Waals surface area contributed by atoms with Crippen molar-refractivity contribution < 1.29 is 14.6 Å². The third-order valence-electron chi connectivity index (χ3n) is 2.10. The topological polar surface area (TPSA) is 70.3 Å². The second kappa shape index (κ2) is 6.29. The summed E-state index contributed by atoms with van der Waals surface area (Å²) >= 11 is 11.5. The molecule has 0 aromatic heterocycles. The lowest BCUT2D eigenvalue weighted by atomic mass is 10.1. The van der Waals surface area contributed by atoms with Crippen molar-refractivity contribution in [3.05, 3.63) is 33.3 Å². The molecule has 0 heterocycles. The number of hydrogen-bond donors (Lipinski definition) is 1. The molecule has 0 atom stereocenters. The third-order valence-corrected chi connectivity index (χ3v) is 2.61. The molecule has 1 rings (SSSR count). The summed E-state index contributed by atoms with van der Waals surface area (Å²) in [6.07, 6.45) is 1.18. The number of methoxy groups -OCH3 is 1. The Morgan fingerprint density at radius 1 is 1.56 bits per heavy atom. The molecular formula is C12H9Cl2NO3. The van der Waals surface area contributed by atoms with E-state index in [-0.39, 0.29) is 28.3 Å². The molecule has 1 N–H and O–H groups in total. The van der Waals surface area contributed by atoms with E-state index in [0.717, 1.165) is 0 Å². The van der Waals surface area contributed by atoms with Crippen LogP contribution >= 0.6 is 23.2 Å². The van der Waals surface area contributed by atoms with Crippen LogP contribution in [0, 0.1) is 11.3 Å². The van der Waals surface area contributed by atoms with Gasteiger partial charge >= 0.3 is 5.97 Å². The number of phenolic OH excluding ortho intramolecular Hbond substituents is 1. The number of carbonyl (C=O) groups excluding carboxylic acids is 1. The van der Waals surface area contributed by atoms with Gasteiger partial charge in [-0.05, 0) is 18.2 Å². The Kier molecular flexibility index (Phi) is 5.02. The van der Waals surface area contributed by atoms with Crippen LogP contribution in [0.5, 0.6) is 5.75 Å². The average Bonchev–Trinajstić information content (AvgIpc) is 2.33. The zero-order chi connectivity index (χ0) is 13.7. The standard InChI is InChI=1S/C12H9Cl2NO3/c1-18-12(17)7(2-3-15)4-8-5-9(13)6-10(14)11(8)16/h4-6,16H,2H2,1H3/b7-4+. The van der Waals surface area contributed by atoms with Crippen molar-refractivity contribution in [2.45, 2.75) is 6.42 Å². The van der Waals surface area contributed by atoms with Crippen LogP contribution in [-0.4, -0.2) is 18.2 Å². The van der Waals surface area contributed by atoms with Crippen molar-refractivity contribution in [2.24, 2.45) is 0 Å². The predicted octanol–water partition coefficient (Wildman–Crippen LogP) is 3.17. The van der Waals surface area contributed by atoms with Gasteiger partial charge in [0.25, 0.3) is 0 Å². The summed E-state index contributed by atoms with van der Waals surface area (Å²) in [5.41, 5.74) is 0.358. The maximum atomic E-state index is 11.4. The largest absolute Gasteiger partial charge is 0.506 e. The monoisotopic (exact) mass is 285 g/mol. The molecule has 0 fully saturated rings. The van der Waals surface area contributed by atoms with E-state index in [9.17, 15) is 9.90 Å². The molecule has 0 bridgehead atoms. The first kappa shape index (κ1) is 14.4. The number of ether oxygens (including phenoxy) is 1. The number of halogens is 2. The van der Waals surface area contributed by atoms with Crippen molar-refractivity contribution in [1.29, 1.82) is 5.26 Å². The van der Waals surface area contributed by atoms with E-state index < -0.39 is 5.97 Å². The van der Waals surface area contributed by atoms with Crippen LogP contribution in [-0.2, 0) is 9.53 Å². The zero-order valence-corrected chi connectivity index (χ0v) is 10.9. The Balaban J connectivity index is 3.28. The number of nitrogens with zero attached hydrogens (tertiary/aromatic N) is 1. The first-order chi connectivity index (χ1) is 8.49. The van der Waals surface area contributed by atoms with E-state index in [4.69, 9.17) is 28.5 Å². The lowest BCUT2D eigenvalue weighted by Gasteiger charge is -2.05. The van der Waals surface area contributed by atoms with E-state index in [1.54, 1.807) is 0 Å². The fraction of sp³-hybridized carbons (Fsp3) is 0.167. The second-order valence-electron chi connectivity index (χ2n) is 3.32. The number of esters is 1. The molecule has 1 aromatic rings. The molecule has 6 heteroatoms. The van der Waals surface area contributed by atoms with Crippen LogP contribution in [0.15, 0.2) is 17.7 Å². The fourth-order valence-corrected chi connectivity index (χ4v) is 1.79. The van der Waals surface area contributed by atoms with E-state index >= 15 is 0 Å². The Morgan fingerprint density at radius 2 is 2.22 bits per heavy atom. The molecule has 0 saturated carbocycles. The molecule has 1 aromatic carbocycles. The lowest BCUT2D eigenvalue weighted by molar-refractivity contribution is -0.136. The van der Waals surface area contributed by atoms with Gasteiger partial charge in [-0.25, -0.2) is 4.79 Å². The number of aromatic hydroxyl groups is 1. The Bertz CT molecular complexity index is 547. The van der Waals surface area contributed by atoms with Crippen molar-refractivity contribution in [3.63, 3.8) is 0 Å². The number of hydrogen-bond acceptors (Lipinski definition) is 4. The highest BCUT2D eigenvalue weighted by molar-refractivity contribution is 6.35. The van der Waals surface area contributed by atoms with Gasteiger partial charge in [-0.1, -0.05) is 23.2 Å². The van der Waals surface area contributed by atoms with Gasteiger partial charge in [-0.15, -0.1) is 0 Å².